The first-order valence-electron chi connectivity index (χ1n) is 4.40. The SMILES string of the molecule is O=C(O)Cc1cc(C2CC2)nc(Br)n1. The minimum Gasteiger partial charge on any atom is -0.481 e. The molecule has 1 fully saturated rings. The summed E-state index contributed by atoms with van der Waals surface area (Å²) >= 11 is 3.18. The lowest BCUT2D eigenvalue weighted by Gasteiger charge is -2.01. The predicted octanol–water partition coefficient (Wildman–Crippen LogP) is 1.74. The number of halogens is 1. The van der Waals surface area contributed by atoms with Crippen molar-refractivity contribution in [3.05, 3.63) is 22.2 Å². The number of hydrogen-bond donors (Lipinski definition) is 1. The summed E-state index contributed by atoms with van der Waals surface area (Å²) in [6.07, 6.45) is 2.26. The van der Waals surface area contributed by atoms with E-state index in [4.69, 9.17) is 5.11 Å². The Hall–Kier alpha value is -0.970. The van der Waals surface area contributed by atoms with Crippen molar-refractivity contribution in [3.8, 4) is 0 Å². The highest BCUT2D eigenvalue weighted by Crippen LogP contribution is 2.39. The Kier molecular flexibility index (Phi) is 2.50. The molecule has 2 rings (SSSR count). The van der Waals surface area contributed by atoms with Crippen LogP contribution < -0.4 is 0 Å². The van der Waals surface area contributed by atoms with E-state index in [1.54, 1.807) is 6.07 Å². The van der Waals surface area contributed by atoms with Gasteiger partial charge in [0, 0.05) is 11.6 Å². The number of carboxylic acid groups (broad SMARTS) is 1. The van der Waals surface area contributed by atoms with Crippen LogP contribution >= 0.6 is 15.9 Å². The minimum absolute atomic E-state index is 0.0408. The Morgan fingerprint density at radius 2 is 2.29 bits per heavy atom. The number of aliphatic carboxylic acids is 1. The zero-order valence-corrected chi connectivity index (χ0v) is 8.99. The summed E-state index contributed by atoms with van der Waals surface area (Å²) < 4.78 is 0.484. The van der Waals surface area contributed by atoms with Gasteiger partial charge in [0.25, 0.3) is 0 Å². The standard InChI is InChI=1S/C9H9BrN2O2/c10-9-11-6(4-8(13)14)3-7(12-9)5-1-2-5/h3,5H,1-2,4H2,(H,13,14). The van der Waals surface area contributed by atoms with Gasteiger partial charge >= 0.3 is 5.97 Å². The maximum absolute atomic E-state index is 10.5. The van der Waals surface area contributed by atoms with E-state index >= 15 is 0 Å². The van der Waals surface area contributed by atoms with Crippen LogP contribution in [0.25, 0.3) is 0 Å². The molecule has 0 unspecified atom stereocenters. The Bertz CT molecular complexity index is 377. The minimum atomic E-state index is -0.864. The van der Waals surface area contributed by atoms with Gasteiger partial charge in [-0.25, -0.2) is 9.97 Å². The van der Waals surface area contributed by atoms with Crippen molar-refractivity contribution in [1.29, 1.82) is 0 Å². The largest absolute Gasteiger partial charge is 0.481 e. The highest BCUT2D eigenvalue weighted by atomic mass is 79.9. The maximum Gasteiger partial charge on any atom is 0.309 e. The first kappa shape index (κ1) is 9.58. The summed E-state index contributed by atoms with van der Waals surface area (Å²) in [7, 11) is 0. The van der Waals surface area contributed by atoms with Gasteiger partial charge in [-0.15, -0.1) is 0 Å². The molecule has 14 heavy (non-hydrogen) atoms. The fourth-order valence-electron chi connectivity index (χ4n) is 1.32. The summed E-state index contributed by atoms with van der Waals surface area (Å²) in [6, 6.07) is 1.79. The van der Waals surface area contributed by atoms with Crippen molar-refractivity contribution in [2.45, 2.75) is 25.2 Å². The van der Waals surface area contributed by atoms with Crippen LogP contribution in [0.2, 0.25) is 0 Å². The van der Waals surface area contributed by atoms with Crippen molar-refractivity contribution < 1.29 is 9.90 Å². The Morgan fingerprint density at radius 1 is 1.57 bits per heavy atom. The maximum atomic E-state index is 10.5. The molecule has 4 nitrogen and oxygen atoms in total. The monoisotopic (exact) mass is 256 g/mol. The van der Waals surface area contributed by atoms with E-state index in [2.05, 4.69) is 25.9 Å². The number of hydrogen-bond acceptors (Lipinski definition) is 3. The summed E-state index contributed by atoms with van der Waals surface area (Å²) in [6.45, 7) is 0. The molecule has 1 aliphatic rings. The van der Waals surface area contributed by atoms with Crippen molar-refractivity contribution in [1.82, 2.24) is 9.97 Å². The highest BCUT2D eigenvalue weighted by molar-refractivity contribution is 9.10. The van der Waals surface area contributed by atoms with Gasteiger partial charge in [0.05, 0.1) is 12.1 Å². The van der Waals surface area contributed by atoms with Gasteiger partial charge in [-0.1, -0.05) is 0 Å². The van der Waals surface area contributed by atoms with E-state index in [9.17, 15) is 4.79 Å². The van der Waals surface area contributed by atoms with Gasteiger partial charge in [-0.05, 0) is 34.8 Å². The number of carboxylic acids is 1. The summed E-state index contributed by atoms with van der Waals surface area (Å²) in [5.74, 6) is -0.348. The van der Waals surface area contributed by atoms with Crippen LogP contribution in [0.15, 0.2) is 10.8 Å². The van der Waals surface area contributed by atoms with E-state index in [0.29, 0.717) is 16.3 Å². The lowest BCUT2D eigenvalue weighted by atomic mass is 10.2. The first-order valence-corrected chi connectivity index (χ1v) is 5.19. The molecule has 1 N–H and O–H groups in total. The van der Waals surface area contributed by atoms with E-state index in [1.165, 1.54) is 0 Å². The van der Waals surface area contributed by atoms with Crippen molar-refractivity contribution >= 4 is 21.9 Å². The average molecular weight is 257 g/mol. The highest BCUT2D eigenvalue weighted by Gasteiger charge is 2.26. The molecule has 0 radical (unpaired) electrons. The second kappa shape index (κ2) is 3.65. The van der Waals surface area contributed by atoms with Crippen LogP contribution in [0.1, 0.15) is 30.1 Å². The Morgan fingerprint density at radius 3 is 2.86 bits per heavy atom. The fraction of sp³-hybridized carbons (Fsp3) is 0.444. The molecule has 74 valence electrons. The molecular formula is C9H9BrN2O2. The second-order valence-electron chi connectivity index (χ2n) is 3.40. The predicted molar refractivity (Wildman–Crippen MR) is 53.0 cm³/mol. The molecule has 0 saturated heterocycles. The van der Waals surface area contributed by atoms with Gasteiger partial charge in [0.2, 0.25) is 0 Å². The Labute approximate surface area is 89.5 Å². The number of rotatable bonds is 3. The zero-order valence-electron chi connectivity index (χ0n) is 7.40. The molecule has 0 amide bonds. The molecule has 1 saturated carbocycles. The van der Waals surface area contributed by atoms with Gasteiger partial charge in [0.15, 0.2) is 4.73 Å². The summed E-state index contributed by atoms with van der Waals surface area (Å²) in [4.78, 5) is 18.7. The van der Waals surface area contributed by atoms with E-state index in [1.807, 2.05) is 0 Å². The smallest absolute Gasteiger partial charge is 0.309 e. The average Bonchev–Trinajstić information content (AvgIpc) is 2.82. The topological polar surface area (TPSA) is 63.1 Å². The quantitative estimate of drug-likeness (QED) is 0.838. The molecule has 1 aromatic heterocycles. The third kappa shape index (κ3) is 2.29. The third-order valence-electron chi connectivity index (χ3n) is 2.10. The van der Waals surface area contributed by atoms with Crippen LogP contribution in [0.4, 0.5) is 0 Å². The van der Waals surface area contributed by atoms with Crippen LogP contribution in [0.3, 0.4) is 0 Å². The van der Waals surface area contributed by atoms with Gasteiger partial charge in [0.1, 0.15) is 0 Å². The lowest BCUT2D eigenvalue weighted by molar-refractivity contribution is -0.136. The van der Waals surface area contributed by atoms with Crippen molar-refractivity contribution in [2.75, 3.05) is 0 Å². The summed E-state index contributed by atoms with van der Waals surface area (Å²) in [5, 5.41) is 8.63. The van der Waals surface area contributed by atoms with Gasteiger partial charge in [-0.2, -0.15) is 0 Å². The normalized spacial score (nSPS) is 15.5. The van der Waals surface area contributed by atoms with Crippen LogP contribution in [-0.4, -0.2) is 21.0 Å². The molecule has 0 aromatic carbocycles. The molecule has 0 atom stereocenters. The second-order valence-corrected chi connectivity index (χ2v) is 4.11. The van der Waals surface area contributed by atoms with E-state index < -0.39 is 5.97 Å². The van der Waals surface area contributed by atoms with Crippen molar-refractivity contribution in [2.24, 2.45) is 0 Å². The number of aromatic nitrogens is 2. The molecule has 1 aromatic rings. The first-order chi connectivity index (χ1) is 6.65. The number of carbonyl (C=O) groups is 1. The van der Waals surface area contributed by atoms with Crippen molar-refractivity contribution in [3.63, 3.8) is 0 Å². The molecule has 1 heterocycles. The Balaban J connectivity index is 2.26. The fourth-order valence-corrected chi connectivity index (χ4v) is 1.75. The lowest BCUT2D eigenvalue weighted by Crippen LogP contribution is -2.04. The molecule has 0 bridgehead atoms. The number of nitrogens with zero attached hydrogens (tertiary/aromatic N) is 2. The van der Waals surface area contributed by atoms with Crippen LogP contribution in [-0.2, 0) is 11.2 Å². The molecule has 0 aliphatic heterocycles. The molecule has 5 heteroatoms. The van der Waals surface area contributed by atoms with E-state index in [-0.39, 0.29) is 6.42 Å². The van der Waals surface area contributed by atoms with Crippen LogP contribution in [0, 0.1) is 0 Å². The van der Waals surface area contributed by atoms with E-state index in [0.717, 1.165) is 18.5 Å². The summed E-state index contributed by atoms with van der Waals surface area (Å²) in [5.41, 5.74) is 1.53. The zero-order chi connectivity index (χ0) is 10.1. The van der Waals surface area contributed by atoms with Crippen LogP contribution in [0.5, 0.6) is 0 Å². The molecule has 1 aliphatic carbocycles. The van der Waals surface area contributed by atoms with Gasteiger partial charge < -0.3 is 5.11 Å². The van der Waals surface area contributed by atoms with Gasteiger partial charge in [-0.3, -0.25) is 4.79 Å². The third-order valence-corrected chi connectivity index (χ3v) is 2.45. The molecule has 0 spiro atoms. The molecular weight excluding hydrogens is 248 g/mol.